The Bertz CT molecular complexity index is 613. The summed E-state index contributed by atoms with van der Waals surface area (Å²) in [4.78, 5) is 0. The van der Waals surface area contributed by atoms with E-state index in [4.69, 9.17) is 11.6 Å². The third-order valence-corrected chi connectivity index (χ3v) is 2.75. The highest BCUT2D eigenvalue weighted by Crippen LogP contribution is 2.12. The van der Waals surface area contributed by atoms with E-state index >= 15 is 0 Å². The van der Waals surface area contributed by atoms with Gasteiger partial charge in [-0.15, -0.1) is 0 Å². The predicted octanol–water partition coefficient (Wildman–Crippen LogP) is 5.34. The molecule has 0 fully saturated rings. The summed E-state index contributed by atoms with van der Waals surface area (Å²) in [5.74, 6) is -1.68. The molecular weight excluding hydrogens is 266 g/mol. The Balaban J connectivity index is 2.03. The third-order valence-electron chi connectivity index (χ3n) is 2.50. The molecule has 0 atom stereocenters. The first kappa shape index (κ1) is 13.5. The highest BCUT2D eigenvalue weighted by atomic mass is 35.5. The number of halogens is 3. The normalized spacial score (nSPS) is 11.5. The van der Waals surface area contributed by atoms with Crippen LogP contribution in [0.15, 0.2) is 54.6 Å². The predicted molar refractivity (Wildman–Crippen MR) is 75.9 cm³/mol. The molecule has 0 nitrogen and oxygen atoms in total. The average Bonchev–Trinajstić information content (AvgIpc) is 2.41. The molecule has 2 aromatic carbocycles. The van der Waals surface area contributed by atoms with Gasteiger partial charge in [0.15, 0.2) is 11.6 Å². The quantitative estimate of drug-likeness (QED) is 0.663. The zero-order valence-electron chi connectivity index (χ0n) is 9.98. The molecule has 0 aliphatic carbocycles. The molecule has 0 bridgehead atoms. The number of allylic oxidation sites excluding steroid dienone is 2. The first-order valence-corrected chi connectivity index (χ1v) is 6.08. The van der Waals surface area contributed by atoms with E-state index < -0.39 is 11.6 Å². The van der Waals surface area contributed by atoms with Crippen molar-refractivity contribution >= 4 is 23.8 Å². The van der Waals surface area contributed by atoms with Crippen LogP contribution in [0, 0.1) is 11.6 Å². The van der Waals surface area contributed by atoms with Crippen LogP contribution in [-0.4, -0.2) is 0 Å². The molecule has 2 aromatic rings. The van der Waals surface area contributed by atoms with Gasteiger partial charge in [0.05, 0.1) is 0 Å². The van der Waals surface area contributed by atoms with Crippen molar-refractivity contribution in [3.8, 4) is 0 Å². The second-order valence-corrected chi connectivity index (χ2v) is 4.38. The topological polar surface area (TPSA) is 0 Å². The lowest BCUT2D eigenvalue weighted by atomic mass is 10.2. The fraction of sp³-hybridized carbons (Fsp3) is 0. The molecule has 3 heteroatoms. The summed E-state index contributed by atoms with van der Waals surface area (Å²) in [6, 6.07) is 11.2. The van der Waals surface area contributed by atoms with Crippen molar-refractivity contribution in [3.63, 3.8) is 0 Å². The van der Waals surface area contributed by atoms with Crippen LogP contribution in [0.3, 0.4) is 0 Å². The van der Waals surface area contributed by atoms with E-state index in [9.17, 15) is 8.78 Å². The molecule has 96 valence electrons. The van der Waals surface area contributed by atoms with Crippen molar-refractivity contribution in [1.82, 2.24) is 0 Å². The Labute approximate surface area is 115 Å². The summed E-state index contributed by atoms with van der Waals surface area (Å²) in [6.07, 6.45) is 7.19. The summed E-state index contributed by atoms with van der Waals surface area (Å²) in [5, 5.41) is 0.689. The van der Waals surface area contributed by atoms with E-state index in [2.05, 4.69) is 0 Å². The van der Waals surface area contributed by atoms with E-state index in [1.54, 1.807) is 24.3 Å². The van der Waals surface area contributed by atoms with Crippen molar-refractivity contribution in [2.24, 2.45) is 0 Å². The van der Waals surface area contributed by atoms with E-state index in [-0.39, 0.29) is 0 Å². The maximum atomic E-state index is 13.0. The van der Waals surface area contributed by atoms with Crippen LogP contribution >= 0.6 is 11.6 Å². The minimum absolute atomic E-state index is 0.611. The summed E-state index contributed by atoms with van der Waals surface area (Å²) in [5.41, 5.74) is 1.62. The van der Waals surface area contributed by atoms with E-state index in [1.807, 2.05) is 24.3 Å². The number of hydrogen-bond donors (Lipinski definition) is 0. The summed E-state index contributed by atoms with van der Waals surface area (Å²) < 4.78 is 25.7. The third kappa shape index (κ3) is 4.04. The Morgan fingerprint density at radius 1 is 0.737 bits per heavy atom. The highest BCUT2D eigenvalue weighted by molar-refractivity contribution is 6.30. The number of benzene rings is 2. The van der Waals surface area contributed by atoms with Gasteiger partial charge in [-0.05, 0) is 35.4 Å². The molecule has 0 aromatic heterocycles. The van der Waals surface area contributed by atoms with Gasteiger partial charge in [-0.25, -0.2) is 8.78 Å². The molecule has 0 radical (unpaired) electrons. The van der Waals surface area contributed by atoms with E-state index in [0.717, 1.165) is 17.7 Å². The maximum Gasteiger partial charge on any atom is 0.159 e. The molecule has 0 unspecified atom stereocenters. The summed E-state index contributed by atoms with van der Waals surface area (Å²) >= 11 is 5.78. The Morgan fingerprint density at radius 3 is 1.95 bits per heavy atom. The monoisotopic (exact) mass is 276 g/mol. The molecule has 0 heterocycles. The zero-order valence-corrected chi connectivity index (χ0v) is 10.7. The second-order valence-electron chi connectivity index (χ2n) is 3.94. The summed E-state index contributed by atoms with van der Waals surface area (Å²) in [7, 11) is 0. The van der Waals surface area contributed by atoms with Crippen LogP contribution in [0.4, 0.5) is 8.78 Å². The van der Waals surface area contributed by atoms with Gasteiger partial charge in [0.25, 0.3) is 0 Å². The molecule has 0 N–H and O–H groups in total. The van der Waals surface area contributed by atoms with Gasteiger partial charge in [-0.3, -0.25) is 0 Å². The summed E-state index contributed by atoms with van der Waals surface area (Å²) in [6.45, 7) is 0. The van der Waals surface area contributed by atoms with Crippen LogP contribution < -0.4 is 0 Å². The fourth-order valence-electron chi connectivity index (χ4n) is 1.52. The van der Waals surface area contributed by atoms with Crippen LogP contribution in [0.25, 0.3) is 12.2 Å². The number of hydrogen-bond acceptors (Lipinski definition) is 0. The van der Waals surface area contributed by atoms with Gasteiger partial charge >= 0.3 is 0 Å². The van der Waals surface area contributed by atoms with E-state index in [1.165, 1.54) is 6.07 Å². The SMILES string of the molecule is Fc1ccc(/C=C/C=C/c2ccc(Cl)cc2)cc1F. The molecule has 0 spiro atoms. The molecule has 0 amide bonds. The lowest BCUT2D eigenvalue weighted by Crippen LogP contribution is -1.83. The average molecular weight is 277 g/mol. The standard InChI is InChI=1S/C16H11ClF2/c17-14-8-5-12(6-9-14)3-1-2-4-13-7-10-15(18)16(19)11-13/h1-11H/b3-1+,4-2+. The smallest absolute Gasteiger partial charge is 0.159 e. The maximum absolute atomic E-state index is 13.0. The number of rotatable bonds is 3. The molecule has 0 saturated heterocycles. The minimum Gasteiger partial charge on any atom is -0.204 e. The van der Waals surface area contributed by atoms with Gasteiger partial charge in [0, 0.05) is 5.02 Å². The lowest BCUT2D eigenvalue weighted by molar-refractivity contribution is 0.508. The van der Waals surface area contributed by atoms with Gasteiger partial charge in [0.2, 0.25) is 0 Å². The largest absolute Gasteiger partial charge is 0.204 e. The molecule has 2 rings (SSSR count). The van der Waals surface area contributed by atoms with Gasteiger partial charge in [0.1, 0.15) is 0 Å². The highest BCUT2D eigenvalue weighted by Gasteiger charge is 1.99. The molecule has 0 aliphatic heterocycles. The Hall–Kier alpha value is -1.93. The molecule has 0 aliphatic rings. The van der Waals surface area contributed by atoms with Crippen LogP contribution in [0.1, 0.15) is 11.1 Å². The van der Waals surface area contributed by atoms with Crippen molar-refractivity contribution < 1.29 is 8.78 Å². The zero-order chi connectivity index (χ0) is 13.7. The molecular formula is C16H11ClF2. The first-order chi connectivity index (χ1) is 9.15. The molecule has 0 saturated carbocycles. The Morgan fingerprint density at radius 2 is 1.32 bits per heavy atom. The van der Waals surface area contributed by atoms with Crippen molar-refractivity contribution in [2.75, 3.05) is 0 Å². The van der Waals surface area contributed by atoms with Gasteiger partial charge < -0.3 is 0 Å². The lowest BCUT2D eigenvalue weighted by Gasteiger charge is -1.94. The second kappa shape index (κ2) is 6.30. The molecule has 19 heavy (non-hydrogen) atoms. The van der Waals surface area contributed by atoms with E-state index in [0.29, 0.717) is 10.6 Å². The van der Waals surface area contributed by atoms with Gasteiger partial charge in [-0.2, -0.15) is 0 Å². The van der Waals surface area contributed by atoms with Crippen molar-refractivity contribution in [3.05, 3.63) is 82.4 Å². The Kier molecular flexibility index (Phi) is 4.48. The van der Waals surface area contributed by atoms with Gasteiger partial charge in [-0.1, -0.05) is 54.1 Å². The van der Waals surface area contributed by atoms with Crippen LogP contribution in [-0.2, 0) is 0 Å². The van der Waals surface area contributed by atoms with Crippen LogP contribution in [0.2, 0.25) is 5.02 Å². The first-order valence-electron chi connectivity index (χ1n) is 5.70. The van der Waals surface area contributed by atoms with Crippen molar-refractivity contribution in [1.29, 1.82) is 0 Å². The minimum atomic E-state index is -0.844. The fourth-order valence-corrected chi connectivity index (χ4v) is 1.65. The van der Waals surface area contributed by atoms with Crippen LogP contribution in [0.5, 0.6) is 0 Å². The van der Waals surface area contributed by atoms with Crippen molar-refractivity contribution in [2.45, 2.75) is 0 Å².